The van der Waals surface area contributed by atoms with Crippen LogP contribution in [0.4, 0.5) is 5.82 Å². The van der Waals surface area contributed by atoms with Crippen LogP contribution in [-0.4, -0.2) is 36.3 Å². The van der Waals surface area contributed by atoms with Crippen molar-refractivity contribution in [3.05, 3.63) is 59.4 Å². The number of hydrogen-bond donors (Lipinski definition) is 2. The van der Waals surface area contributed by atoms with Crippen LogP contribution in [0.15, 0.2) is 42.7 Å². The highest BCUT2D eigenvalue weighted by atomic mass is 16.5. The molecule has 182 valence electrons. The van der Waals surface area contributed by atoms with Crippen LogP contribution in [0.3, 0.4) is 0 Å². The van der Waals surface area contributed by atoms with E-state index < -0.39 is 0 Å². The third kappa shape index (κ3) is 4.19. The van der Waals surface area contributed by atoms with Gasteiger partial charge in [0.1, 0.15) is 5.82 Å². The van der Waals surface area contributed by atoms with E-state index in [2.05, 4.69) is 59.5 Å². The van der Waals surface area contributed by atoms with Crippen molar-refractivity contribution in [2.75, 3.05) is 32.1 Å². The van der Waals surface area contributed by atoms with Gasteiger partial charge in [-0.2, -0.15) is 0 Å². The summed E-state index contributed by atoms with van der Waals surface area (Å²) >= 11 is 0. The fourth-order valence-electron chi connectivity index (χ4n) is 5.78. The highest BCUT2D eigenvalue weighted by Gasteiger charge is 2.33. The molecule has 2 fully saturated rings. The lowest BCUT2D eigenvalue weighted by Crippen LogP contribution is -2.19. The summed E-state index contributed by atoms with van der Waals surface area (Å²) < 4.78 is 11.4. The van der Waals surface area contributed by atoms with Gasteiger partial charge in [-0.05, 0) is 73.0 Å². The number of nitrogens with one attached hydrogen (secondary N) is 1. The lowest BCUT2D eigenvalue weighted by Gasteiger charge is -2.27. The van der Waals surface area contributed by atoms with E-state index >= 15 is 0 Å². The largest absolute Gasteiger partial charge is 0.477 e. The molecule has 0 saturated carbocycles. The Bertz CT molecular complexity index is 1240. The SMILES string of the molecule is CC1(C)COc2ncc(-c3cc(-c4ccc(C5CCOCC5)c([C@@H]5CCCN5)c4)cnc3N)cc21. The predicted molar refractivity (Wildman–Crippen MR) is 139 cm³/mol. The maximum atomic E-state index is 6.37. The smallest absolute Gasteiger partial charge is 0.217 e. The molecule has 3 N–H and O–H groups in total. The number of aromatic nitrogens is 2. The van der Waals surface area contributed by atoms with E-state index in [1.807, 2.05) is 12.4 Å². The molecule has 6 nitrogen and oxygen atoms in total. The number of ether oxygens (including phenoxy) is 2. The molecule has 0 amide bonds. The first kappa shape index (κ1) is 22.5. The van der Waals surface area contributed by atoms with Crippen molar-refractivity contribution in [3.8, 4) is 28.1 Å². The van der Waals surface area contributed by atoms with Gasteiger partial charge >= 0.3 is 0 Å². The Balaban J connectivity index is 1.40. The summed E-state index contributed by atoms with van der Waals surface area (Å²) in [6, 6.07) is 11.7. The number of fused-ring (bicyclic) bond motifs is 1. The van der Waals surface area contributed by atoms with E-state index in [0.29, 0.717) is 24.4 Å². The van der Waals surface area contributed by atoms with Crippen LogP contribution in [0.5, 0.6) is 5.88 Å². The first-order valence-corrected chi connectivity index (χ1v) is 12.8. The second-order valence-corrected chi connectivity index (χ2v) is 10.8. The number of anilines is 1. The monoisotopic (exact) mass is 470 g/mol. The number of rotatable bonds is 4. The molecule has 2 aromatic heterocycles. The third-order valence-electron chi connectivity index (χ3n) is 7.90. The summed E-state index contributed by atoms with van der Waals surface area (Å²) in [5.41, 5.74) is 14.5. The Morgan fingerprint density at radius 2 is 1.77 bits per heavy atom. The van der Waals surface area contributed by atoms with Crippen LogP contribution in [-0.2, 0) is 10.2 Å². The predicted octanol–water partition coefficient (Wildman–Crippen LogP) is 5.38. The molecule has 0 radical (unpaired) electrons. The summed E-state index contributed by atoms with van der Waals surface area (Å²) in [6.07, 6.45) is 8.34. The standard InChI is InChI=1S/C29H34N4O2/c1-29(2)17-35-28-25(29)14-21(16-33-28)23-13-20(15-32-27(23)30)19-5-6-22(18-7-10-34-11-8-18)24(12-19)26-4-3-9-31-26/h5-6,12-16,18,26,31H,3-4,7-11,17H2,1-2H3,(H2,30,32)/t26-/m0/s1. The number of nitrogen functional groups attached to an aromatic ring is 1. The fraction of sp³-hybridized carbons (Fsp3) is 0.448. The minimum absolute atomic E-state index is 0.0681. The van der Waals surface area contributed by atoms with E-state index in [1.54, 1.807) is 0 Å². The molecule has 5 heterocycles. The molecule has 1 atom stereocenters. The average molecular weight is 471 g/mol. The van der Waals surface area contributed by atoms with E-state index in [1.165, 1.54) is 29.5 Å². The van der Waals surface area contributed by atoms with Gasteiger partial charge in [0.15, 0.2) is 0 Å². The topological polar surface area (TPSA) is 82.3 Å². The zero-order valence-electron chi connectivity index (χ0n) is 20.6. The van der Waals surface area contributed by atoms with E-state index in [-0.39, 0.29) is 5.41 Å². The van der Waals surface area contributed by atoms with E-state index in [9.17, 15) is 0 Å². The normalized spacial score (nSPS) is 21.6. The molecule has 0 unspecified atom stereocenters. The highest BCUT2D eigenvalue weighted by molar-refractivity contribution is 5.80. The Labute approximate surface area is 207 Å². The van der Waals surface area contributed by atoms with Crippen molar-refractivity contribution in [2.45, 2.75) is 56.9 Å². The number of nitrogens with zero attached hydrogens (tertiary/aromatic N) is 2. The molecule has 3 aliphatic heterocycles. The molecule has 6 heteroatoms. The summed E-state index contributed by atoms with van der Waals surface area (Å²) in [5.74, 6) is 1.81. The van der Waals surface area contributed by atoms with Crippen molar-refractivity contribution in [1.29, 1.82) is 0 Å². The van der Waals surface area contributed by atoms with Crippen molar-refractivity contribution < 1.29 is 9.47 Å². The van der Waals surface area contributed by atoms with Gasteiger partial charge in [0.05, 0.1) is 6.61 Å². The minimum atomic E-state index is -0.0681. The summed E-state index contributed by atoms with van der Waals surface area (Å²) in [7, 11) is 0. The van der Waals surface area contributed by atoms with Gasteiger partial charge in [0.25, 0.3) is 0 Å². The Morgan fingerprint density at radius 1 is 0.943 bits per heavy atom. The lowest BCUT2D eigenvalue weighted by atomic mass is 9.84. The molecule has 0 aliphatic carbocycles. The molecule has 0 bridgehead atoms. The molecule has 1 aromatic carbocycles. The Kier molecular flexibility index (Phi) is 5.73. The number of hydrogen-bond acceptors (Lipinski definition) is 6. The lowest BCUT2D eigenvalue weighted by molar-refractivity contribution is 0.0851. The van der Waals surface area contributed by atoms with E-state index in [0.717, 1.165) is 60.7 Å². The molecule has 0 spiro atoms. The first-order valence-electron chi connectivity index (χ1n) is 12.8. The van der Waals surface area contributed by atoms with Crippen LogP contribution in [0.25, 0.3) is 22.3 Å². The molecule has 3 aromatic rings. The summed E-state index contributed by atoms with van der Waals surface area (Å²) in [5, 5.41) is 3.72. The number of nitrogens with two attached hydrogens (primary N) is 1. The van der Waals surface area contributed by atoms with Crippen molar-refractivity contribution >= 4 is 5.82 Å². The molecule has 2 saturated heterocycles. The van der Waals surface area contributed by atoms with Gasteiger partial charge in [-0.1, -0.05) is 26.0 Å². The van der Waals surface area contributed by atoms with Gasteiger partial charge in [-0.3, -0.25) is 0 Å². The molecule has 3 aliphatic rings. The van der Waals surface area contributed by atoms with Crippen LogP contribution < -0.4 is 15.8 Å². The highest BCUT2D eigenvalue weighted by Crippen LogP contribution is 2.41. The first-order chi connectivity index (χ1) is 17.0. The molecular formula is C29H34N4O2. The van der Waals surface area contributed by atoms with Gasteiger partial charge in [-0.25, -0.2) is 9.97 Å². The fourth-order valence-corrected chi connectivity index (χ4v) is 5.78. The quantitative estimate of drug-likeness (QED) is 0.533. The van der Waals surface area contributed by atoms with Gasteiger partial charge in [0.2, 0.25) is 5.88 Å². The summed E-state index contributed by atoms with van der Waals surface area (Å²) in [4.78, 5) is 9.17. The Morgan fingerprint density at radius 3 is 2.57 bits per heavy atom. The van der Waals surface area contributed by atoms with Crippen LogP contribution in [0, 0.1) is 0 Å². The molecule has 6 rings (SSSR count). The minimum Gasteiger partial charge on any atom is -0.477 e. The molecule has 35 heavy (non-hydrogen) atoms. The second kappa shape index (κ2) is 8.92. The van der Waals surface area contributed by atoms with Gasteiger partial charge in [-0.15, -0.1) is 0 Å². The zero-order chi connectivity index (χ0) is 24.0. The maximum absolute atomic E-state index is 6.37. The van der Waals surface area contributed by atoms with Crippen molar-refractivity contribution in [3.63, 3.8) is 0 Å². The molecular weight excluding hydrogens is 436 g/mol. The van der Waals surface area contributed by atoms with Gasteiger partial charge in [0, 0.05) is 59.3 Å². The zero-order valence-corrected chi connectivity index (χ0v) is 20.6. The van der Waals surface area contributed by atoms with Crippen molar-refractivity contribution in [1.82, 2.24) is 15.3 Å². The van der Waals surface area contributed by atoms with E-state index in [4.69, 9.17) is 15.2 Å². The number of benzene rings is 1. The Hall–Kier alpha value is -2.96. The average Bonchev–Trinajstić information content (AvgIpc) is 3.53. The van der Waals surface area contributed by atoms with Crippen LogP contribution in [0.2, 0.25) is 0 Å². The summed E-state index contributed by atoms with van der Waals surface area (Å²) in [6.45, 7) is 7.80. The van der Waals surface area contributed by atoms with Crippen LogP contribution >= 0.6 is 0 Å². The van der Waals surface area contributed by atoms with Gasteiger partial charge < -0.3 is 20.5 Å². The number of pyridine rings is 2. The second-order valence-electron chi connectivity index (χ2n) is 10.8. The maximum Gasteiger partial charge on any atom is 0.217 e. The third-order valence-corrected chi connectivity index (χ3v) is 7.90. The van der Waals surface area contributed by atoms with Crippen LogP contribution in [0.1, 0.15) is 68.2 Å². The van der Waals surface area contributed by atoms with Crippen molar-refractivity contribution in [2.24, 2.45) is 0 Å².